The third-order valence-electron chi connectivity index (χ3n) is 5.12. The van der Waals surface area contributed by atoms with E-state index >= 15 is 0 Å². The van der Waals surface area contributed by atoms with Crippen LogP contribution < -0.4 is 9.44 Å². The molecule has 12 nitrogen and oxygen atoms in total. The Hall–Kier alpha value is -1.24. The quantitative estimate of drug-likeness (QED) is 0.214. The van der Waals surface area contributed by atoms with Crippen molar-refractivity contribution in [3.8, 4) is 0 Å². The molecule has 4 N–H and O–H groups in total. The molecule has 0 bridgehead atoms. The normalized spacial score (nSPS) is 12.9. The second kappa shape index (κ2) is 12.3. The standard InChI is InChI=1S/C20H28N2O10S4.Na.H/c1-13(2)33(23,24)21-17-9-7-15(19(11-17)35(27,28)29)5-6-16-8-10-18(12-20(16)36(30,31)32)22-34(25,26)14(3)4;;/h7-14,21-22H,5-6H2,1-4H3,(H,27,28,29)(H,30,31,32);;. The van der Waals surface area contributed by atoms with Crippen LogP contribution in [0.4, 0.5) is 11.4 Å². The first kappa shape index (κ1) is 33.8. The average molecular weight is 609 g/mol. The Morgan fingerprint density at radius 1 is 0.622 bits per heavy atom. The van der Waals surface area contributed by atoms with Crippen molar-refractivity contribution < 1.29 is 42.8 Å². The van der Waals surface area contributed by atoms with Crippen LogP contribution in [-0.2, 0) is 53.1 Å². The van der Waals surface area contributed by atoms with Crippen LogP contribution in [0.5, 0.6) is 0 Å². The zero-order valence-electron chi connectivity index (χ0n) is 19.8. The first-order valence-corrected chi connectivity index (χ1v) is 16.5. The van der Waals surface area contributed by atoms with E-state index in [0.717, 1.165) is 12.1 Å². The Morgan fingerprint density at radius 2 is 0.919 bits per heavy atom. The maximum absolute atomic E-state index is 12.1. The van der Waals surface area contributed by atoms with Crippen molar-refractivity contribution >= 4 is 81.2 Å². The molecular weight excluding hydrogens is 579 g/mol. The van der Waals surface area contributed by atoms with Gasteiger partial charge in [-0.3, -0.25) is 18.5 Å². The average Bonchev–Trinajstić information content (AvgIpc) is 2.71. The molecule has 0 saturated heterocycles. The number of hydrogen-bond acceptors (Lipinski definition) is 8. The Morgan fingerprint density at radius 3 is 1.16 bits per heavy atom. The molecule has 2 aromatic carbocycles. The van der Waals surface area contributed by atoms with Crippen LogP contribution >= 0.6 is 0 Å². The summed E-state index contributed by atoms with van der Waals surface area (Å²) in [6.45, 7) is 5.69. The SMILES string of the molecule is CC(C)S(=O)(=O)Nc1ccc(CCc2ccc(NS(=O)(=O)C(C)C)cc2S(=O)(=O)O)c(S(=O)(=O)O)c1.[NaH]. The number of rotatable bonds is 11. The van der Waals surface area contributed by atoms with E-state index in [1.807, 2.05) is 0 Å². The first-order chi connectivity index (χ1) is 16.2. The molecule has 0 aliphatic carbocycles. The fraction of sp³-hybridized carbons (Fsp3) is 0.400. The molecule has 0 atom stereocenters. The molecule has 37 heavy (non-hydrogen) atoms. The summed E-state index contributed by atoms with van der Waals surface area (Å²) in [5, 5.41) is -1.61. The molecule has 0 amide bonds. The molecule has 0 aliphatic heterocycles. The van der Waals surface area contributed by atoms with Gasteiger partial charge in [-0.25, -0.2) is 16.8 Å². The summed E-state index contributed by atoms with van der Waals surface area (Å²) in [6, 6.07) is 6.99. The van der Waals surface area contributed by atoms with Crippen LogP contribution in [0.2, 0.25) is 0 Å². The fourth-order valence-electron chi connectivity index (χ4n) is 2.96. The molecule has 204 valence electrons. The van der Waals surface area contributed by atoms with Crippen LogP contribution in [0.15, 0.2) is 46.2 Å². The molecule has 0 saturated carbocycles. The summed E-state index contributed by atoms with van der Waals surface area (Å²) >= 11 is 0. The summed E-state index contributed by atoms with van der Waals surface area (Å²) in [5.41, 5.74) is -0.0901. The zero-order valence-corrected chi connectivity index (χ0v) is 23.1. The number of hydrogen-bond donors (Lipinski definition) is 4. The number of sulfonamides is 2. The molecule has 0 heterocycles. The Balaban J connectivity index is 0.00000684. The van der Waals surface area contributed by atoms with Crippen LogP contribution in [0.3, 0.4) is 0 Å². The Labute approximate surface area is 240 Å². The minimum atomic E-state index is -4.79. The van der Waals surface area contributed by atoms with Crippen LogP contribution in [0.1, 0.15) is 38.8 Å². The first-order valence-electron chi connectivity index (χ1n) is 10.5. The van der Waals surface area contributed by atoms with Gasteiger partial charge in [-0.05, 0) is 75.9 Å². The van der Waals surface area contributed by atoms with E-state index in [2.05, 4.69) is 9.44 Å². The second-order valence-corrected chi connectivity index (χ2v) is 15.7. The van der Waals surface area contributed by atoms with Crippen LogP contribution in [0.25, 0.3) is 0 Å². The van der Waals surface area contributed by atoms with Crippen LogP contribution in [0, 0.1) is 0 Å². The maximum atomic E-state index is 12.1. The molecular formula is C20H29N2NaO10S4. The van der Waals surface area contributed by atoms with E-state index in [1.165, 1.54) is 52.0 Å². The molecule has 0 spiro atoms. The third kappa shape index (κ3) is 9.18. The van der Waals surface area contributed by atoms with Gasteiger partial charge in [0.2, 0.25) is 20.0 Å². The van der Waals surface area contributed by atoms with Gasteiger partial charge in [-0.15, -0.1) is 0 Å². The van der Waals surface area contributed by atoms with Gasteiger partial charge in [0, 0.05) is 11.4 Å². The van der Waals surface area contributed by atoms with E-state index in [9.17, 15) is 42.8 Å². The summed E-state index contributed by atoms with van der Waals surface area (Å²) in [5.74, 6) is 0. The topological polar surface area (TPSA) is 201 Å². The second-order valence-electron chi connectivity index (χ2n) is 8.49. The van der Waals surface area contributed by atoms with E-state index < -0.39 is 60.6 Å². The molecule has 17 heteroatoms. The monoisotopic (exact) mass is 608 g/mol. The van der Waals surface area contributed by atoms with E-state index in [0.29, 0.717) is 0 Å². The van der Waals surface area contributed by atoms with Gasteiger partial charge in [-0.2, -0.15) is 16.8 Å². The van der Waals surface area contributed by atoms with Crippen molar-refractivity contribution in [3.63, 3.8) is 0 Å². The van der Waals surface area contributed by atoms with E-state index in [1.54, 1.807) is 0 Å². The summed E-state index contributed by atoms with van der Waals surface area (Å²) in [6.07, 6.45) is -0.266. The number of benzene rings is 2. The minimum absolute atomic E-state index is 0. The van der Waals surface area contributed by atoms with Crippen molar-refractivity contribution in [3.05, 3.63) is 47.5 Å². The van der Waals surface area contributed by atoms with Crippen molar-refractivity contribution in [1.29, 1.82) is 0 Å². The summed E-state index contributed by atoms with van der Waals surface area (Å²) in [4.78, 5) is -1.16. The molecule has 0 radical (unpaired) electrons. The molecule has 2 aromatic rings. The number of aryl methyl sites for hydroxylation is 2. The van der Waals surface area contributed by atoms with Crippen molar-refractivity contribution in [2.75, 3.05) is 9.44 Å². The van der Waals surface area contributed by atoms with Gasteiger partial charge in [0.15, 0.2) is 0 Å². The molecule has 0 aromatic heterocycles. The third-order valence-corrected chi connectivity index (χ3v) is 10.5. The van der Waals surface area contributed by atoms with Gasteiger partial charge in [-0.1, -0.05) is 12.1 Å². The Bertz CT molecular complexity index is 1450. The summed E-state index contributed by atoms with van der Waals surface area (Å²) in [7, 11) is -17.2. The predicted molar refractivity (Wildman–Crippen MR) is 142 cm³/mol. The molecule has 2 rings (SSSR count). The zero-order chi connectivity index (χ0) is 27.7. The van der Waals surface area contributed by atoms with Crippen molar-refractivity contribution in [2.24, 2.45) is 0 Å². The van der Waals surface area contributed by atoms with Crippen LogP contribution in [-0.4, -0.2) is 82.8 Å². The van der Waals surface area contributed by atoms with Gasteiger partial charge >= 0.3 is 29.6 Å². The molecule has 0 unspecified atom stereocenters. The Kier molecular flexibility index (Phi) is 11.2. The van der Waals surface area contributed by atoms with Gasteiger partial charge < -0.3 is 0 Å². The fourth-order valence-corrected chi connectivity index (χ4v) is 5.90. The number of anilines is 2. The molecule has 0 aliphatic rings. The van der Waals surface area contributed by atoms with E-state index in [4.69, 9.17) is 0 Å². The van der Waals surface area contributed by atoms with Crippen molar-refractivity contribution in [1.82, 2.24) is 0 Å². The van der Waals surface area contributed by atoms with Gasteiger partial charge in [0.1, 0.15) is 0 Å². The summed E-state index contributed by atoms with van der Waals surface area (Å²) < 4.78 is 120. The number of nitrogens with one attached hydrogen (secondary N) is 2. The van der Waals surface area contributed by atoms with Gasteiger partial charge in [0.05, 0.1) is 20.3 Å². The van der Waals surface area contributed by atoms with E-state index in [-0.39, 0.29) is 64.9 Å². The predicted octanol–water partition coefficient (Wildman–Crippen LogP) is 1.62. The molecule has 0 fully saturated rings. The van der Waals surface area contributed by atoms with Gasteiger partial charge in [0.25, 0.3) is 20.2 Å². The van der Waals surface area contributed by atoms with Crippen molar-refractivity contribution in [2.45, 2.75) is 60.8 Å².